The molecule has 6 heteroatoms. The van der Waals surface area contributed by atoms with E-state index in [1.165, 1.54) is 8.93 Å². The van der Waals surface area contributed by atoms with Crippen LogP contribution in [0.15, 0.2) is 0 Å². The second-order valence-electron chi connectivity index (χ2n) is 4.31. The van der Waals surface area contributed by atoms with Crippen molar-refractivity contribution >= 4 is 36.1 Å². The molecule has 2 atom stereocenters. The van der Waals surface area contributed by atoms with E-state index in [1.807, 2.05) is 13.8 Å². The molecule has 0 aromatic rings. The summed E-state index contributed by atoms with van der Waals surface area (Å²) in [7, 11) is 1.42. The molecular weight excluding hydrogens is 367 g/mol. The van der Waals surface area contributed by atoms with Gasteiger partial charge in [-0.25, -0.2) is 0 Å². The SMILES string of the molecule is CCOC(=O)CC1CC(C#CSI)OC(C)(C)O1. The number of hydrogen-bond donors (Lipinski definition) is 0. The zero-order chi connectivity index (χ0) is 13.6. The summed E-state index contributed by atoms with van der Waals surface area (Å²) in [6.45, 7) is 5.84. The number of halogens is 1. The van der Waals surface area contributed by atoms with Gasteiger partial charge in [-0.05, 0) is 35.0 Å². The second-order valence-corrected chi connectivity index (χ2v) is 5.99. The van der Waals surface area contributed by atoms with Gasteiger partial charge < -0.3 is 14.2 Å². The maximum Gasteiger partial charge on any atom is 0.308 e. The van der Waals surface area contributed by atoms with E-state index in [2.05, 4.69) is 32.4 Å². The van der Waals surface area contributed by atoms with E-state index >= 15 is 0 Å². The van der Waals surface area contributed by atoms with Crippen LogP contribution in [-0.4, -0.2) is 30.6 Å². The Morgan fingerprint density at radius 1 is 1.56 bits per heavy atom. The molecule has 0 radical (unpaired) electrons. The van der Waals surface area contributed by atoms with Crippen molar-refractivity contribution in [3.8, 4) is 11.2 Å². The number of carbonyl (C=O) groups excluding carboxylic acids is 1. The first-order valence-electron chi connectivity index (χ1n) is 5.76. The van der Waals surface area contributed by atoms with Crippen LogP contribution in [-0.2, 0) is 19.0 Å². The van der Waals surface area contributed by atoms with Gasteiger partial charge in [0.05, 0.1) is 19.1 Å². The lowest BCUT2D eigenvalue weighted by molar-refractivity contribution is -0.288. The molecule has 2 unspecified atom stereocenters. The van der Waals surface area contributed by atoms with Crippen molar-refractivity contribution in [1.29, 1.82) is 0 Å². The van der Waals surface area contributed by atoms with Gasteiger partial charge in [0.15, 0.2) is 5.79 Å². The van der Waals surface area contributed by atoms with Crippen molar-refractivity contribution in [1.82, 2.24) is 0 Å². The standard InChI is InChI=1S/C12H17IO4S/c1-4-15-11(14)8-10-7-9(5-6-18-13)16-12(2,3)17-10/h9-10H,4,7-8H2,1-3H3. The first-order chi connectivity index (χ1) is 8.46. The van der Waals surface area contributed by atoms with Crippen LogP contribution in [0.1, 0.15) is 33.6 Å². The van der Waals surface area contributed by atoms with Crippen molar-refractivity contribution in [2.45, 2.75) is 51.6 Å². The Bertz CT molecular complexity index is 348. The normalized spacial score (nSPS) is 26.0. The Hall–Kier alpha value is 0.0300. The molecular formula is C12H17IO4S. The summed E-state index contributed by atoms with van der Waals surface area (Å²) < 4.78 is 16.3. The lowest BCUT2D eigenvalue weighted by Gasteiger charge is -2.38. The topological polar surface area (TPSA) is 44.8 Å². The molecule has 1 aliphatic heterocycles. The van der Waals surface area contributed by atoms with Gasteiger partial charge in [0.2, 0.25) is 0 Å². The average molecular weight is 384 g/mol. The van der Waals surface area contributed by atoms with Gasteiger partial charge in [0, 0.05) is 27.6 Å². The molecule has 0 aromatic carbocycles. The minimum atomic E-state index is -0.718. The van der Waals surface area contributed by atoms with E-state index in [0.717, 1.165) is 0 Å². The highest BCUT2D eigenvalue weighted by Gasteiger charge is 2.35. The predicted octanol–water partition coefficient (Wildman–Crippen LogP) is 2.89. The molecule has 1 heterocycles. The highest BCUT2D eigenvalue weighted by atomic mass is 127. The number of carbonyl (C=O) groups is 1. The van der Waals surface area contributed by atoms with Crippen molar-refractivity contribution in [2.24, 2.45) is 0 Å². The summed E-state index contributed by atoms with van der Waals surface area (Å²) >= 11 is 2.11. The number of ether oxygens (including phenoxy) is 3. The highest BCUT2D eigenvalue weighted by Crippen LogP contribution is 2.28. The van der Waals surface area contributed by atoms with E-state index in [-0.39, 0.29) is 24.6 Å². The van der Waals surface area contributed by atoms with Gasteiger partial charge >= 0.3 is 5.97 Å². The summed E-state index contributed by atoms with van der Waals surface area (Å²) in [5.41, 5.74) is 0. The van der Waals surface area contributed by atoms with Crippen LogP contribution < -0.4 is 0 Å². The highest BCUT2D eigenvalue weighted by molar-refractivity contribution is 14.2. The van der Waals surface area contributed by atoms with Crippen LogP contribution in [0.3, 0.4) is 0 Å². The smallest absolute Gasteiger partial charge is 0.308 e. The Morgan fingerprint density at radius 3 is 2.89 bits per heavy atom. The van der Waals surface area contributed by atoms with E-state index in [4.69, 9.17) is 14.2 Å². The Morgan fingerprint density at radius 2 is 2.28 bits per heavy atom. The van der Waals surface area contributed by atoms with E-state index in [1.54, 1.807) is 6.92 Å². The van der Waals surface area contributed by atoms with Crippen molar-refractivity contribution in [3.63, 3.8) is 0 Å². The third kappa shape index (κ3) is 5.78. The van der Waals surface area contributed by atoms with Gasteiger partial charge in [-0.15, -0.1) is 0 Å². The summed E-state index contributed by atoms with van der Waals surface area (Å²) in [5.74, 6) is 2.06. The van der Waals surface area contributed by atoms with Crippen molar-refractivity contribution in [3.05, 3.63) is 0 Å². The number of hydrogen-bond acceptors (Lipinski definition) is 5. The molecule has 0 aliphatic carbocycles. The molecule has 1 fully saturated rings. The van der Waals surface area contributed by atoms with Crippen LogP contribution in [0.2, 0.25) is 0 Å². The summed E-state index contributed by atoms with van der Waals surface area (Å²) in [5, 5.41) is 2.91. The molecule has 0 N–H and O–H groups in total. The van der Waals surface area contributed by atoms with E-state index < -0.39 is 5.79 Å². The minimum absolute atomic E-state index is 0.199. The molecule has 4 nitrogen and oxygen atoms in total. The summed E-state index contributed by atoms with van der Waals surface area (Å²) in [4.78, 5) is 11.5. The van der Waals surface area contributed by atoms with E-state index in [9.17, 15) is 4.79 Å². The Kier molecular flexibility index (Phi) is 6.77. The number of esters is 1. The minimum Gasteiger partial charge on any atom is -0.466 e. The largest absolute Gasteiger partial charge is 0.466 e. The van der Waals surface area contributed by atoms with Crippen LogP contribution in [0, 0.1) is 11.2 Å². The molecule has 1 saturated heterocycles. The van der Waals surface area contributed by atoms with Crippen LogP contribution in [0.5, 0.6) is 0 Å². The lowest BCUT2D eigenvalue weighted by Crippen LogP contribution is -2.44. The molecule has 0 saturated carbocycles. The average Bonchev–Trinajstić information content (AvgIpc) is 2.24. The van der Waals surface area contributed by atoms with Crippen LogP contribution >= 0.6 is 30.1 Å². The Labute approximate surface area is 124 Å². The third-order valence-corrected chi connectivity index (χ3v) is 3.17. The fraction of sp³-hybridized carbons (Fsp3) is 0.750. The van der Waals surface area contributed by atoms with Gasteiger partial charge in [-0.3, -0.25) is 4.79 Å². The zero-order valence-electron chi connectivity index (χ0n) is 10.7. The van der Waals surface area contributed by atoms with Gasteiger partial charge in [-0.2, -0.15) is 0 Å². The van der Waals surface area contributed by atoms with E-state index in [0.29, 0.717) is 13.0 Å². The molecule has 1 rings (SSSR count). The summed E-state index contributed by atoms with van der Waals surface area (Å²) in [6, 6.07) is 0. The zero-order valence-corrected chi connectivity index (χ0v) is 13.7. The monoisotopic (exact) mass is 384 g/mol. The molecule has 1 aliphatic rings. The molecule has 0 spiro atoms. The first kappa shape index (κ1) is 16.1. The van der Waals surface area contributed by atoms with Gasteiger partial charge in [0.25, 0.3) is 0 Å². The maximum absolute atomic E-state index is 11.5. The Balaban J connectivity index is 2.60. The number of rotatable bonds is 3. The quantitative estimate of drug-likeness (QED) is 0.426. The molecule has 18 heavy (non-hydrogen) atoms. The van der Waals surface area contributed by atoms with Crippen LogP contribution in [0.25, 0.3) is 0 Å². The predicted molar refractivity (Wildman–Crippen MR) is 79.1 cm³/mol. The second kappa shape index (κ2) is 7.58. The fourth-order valence-electron chi connectivity index (χ4n) is 1.81. The summed E-state index contributed by atoms with van der Waals surface area (Å²) in [6.07, 6.45) is 0.435. The fourth-order valence-corrected chi connectivity index (χ4v) is 2.37. The molecule has 0 amide bonds. The van der Waals surface area contributed by atoms with Crippen LogP contribution in [0.4, 0.5) is 0 Å². The molecule has 102 valence electrons. The van der Waals surface area contributed by atoms with Gasteiger partial charge in [-0.1, -0.05) is 5.92 Å². The van der Waals surface area contributed by atoms with Crippen molar-refractivity contribution in [2.75, 3.05) is 6.61 Å². The van der Waals surface area contributed by atoms with Gasteiger partial charge in [0.1, 0.15) is 6.10 Å². The third-order valence-electron chi connectivity index (χ3n) is 2.31. The van der Waals surface area contributed by atoms with Crippen molar-refractivity contribution < 1.29 is 19.0 Å². The lowest BCUT2D eigenvalue weighted by atomic mass is 10.1. The first-order valence-corrected chi connectivity index (χ1v) is 9.12. The molecule has 0 bridgehead atoms. The molecule has 0 aromatic heterocycles. The maximum atomic E-state index is 11.5.